The summed E-state index contributed by atoms with van der Waals surface area (Å²) >= 11 is 1.65. The van der Waals surface area contributed by atoms with Crippen molar-refractivity contribution in [2.75, 3.05) is 18.2 Å². The van der Waals surface area contributed by atoms with Crippen molar-refractivity contribution < 1.29 is 14.3 Å². The largest absolute Gasteiger partial charge is 0.451 e. The number of ether oxygens (including phenoxy) is 1. The molecule has 0 bridgehead atoms. The molecule has 2 heterocycles. The number of nitrogens with one attached hydrogen (secondary N) is 1. The van der Waals surface area contributed by atoms with Gasteiger partial charge in [-0.2, -0.15) is 5.10 Å². The van der Waals surface area contributed by atoms with Crippen molar-refractivity contribution in [3.05, 3.63) is 88.6 Å². The number of benzene rings is 2. The molecule has 0 spiro atoms. The first-order valence-corrected chi connectivity index (χ1v) is 11.0. The van der Waals surface area contributed by atoms with Crippen LogP contribution in [0.15, 0.2) is 83.3 Å². The molecule has 0 saturated heterocycles. The molecule has 31 heavy (non-hydrogen) atoms. The Balaban J connectivity index is 1.36. The average Bonchev–Trinajstić information content (AvgIpc) is 3.49. The number of carbonyl (C=O) groups is 2. The standard InChI is InChI=1S/C24H23N3O3S/c28-23(25-14-13-20-12-7-15-31-20)17-30-24(29)21-16-22(18-8-3-1-4-9-18)27(26-21)19-10-5-2-6-11-19/h1-12,15,22H,13-14,16-17H2,(H,25,28). The van der Waals surface area contributed by atoms with Gasteiger partial charge >= 0.3 is 5.97 Å². The van der Waals surface area contributed by atoms with Crippen molar-refractivity contribution in [2.45, 2.75) is 18.9 Å². The Morgan fingerprint density at radius 3 is 2.48 bits per heavy atom. The lowest BCUT2D eigenvalue weighted by Gasteiger charge is -2.23. The highest BCUT2D eigenvalue weighted by Gasteiger charge is 2.33. The fourth-order valence-corrected chi connectivity index (χ4v) is 4.14. The molecule has 1 aromatic heterocycles. The Hall–Kier alpha value is -3.45. The van der Waals surface area contributed by atoms with Gasteiger partial charge in [0.2, 0.25) is 0 Å². The van der Waals surface area contributed by atoms with E-state index in [9.17, 15) is 9.59 Å². The van der Waals surface area contributed by atoms with Crippen molar-refractivity contribution in [1.82, 2.24) is 5.32 Å². The van der Waals surface area contributed by atoms with Crippen LogP contribution in [-0.4, -0.2) is 30.7 Å². The lowest BCUT2D eigenvalue weighted by atomic mass is 10.0. The molecule has 2 aromatic carbocycles. The van der Waals surface area contributed by atoms with Crippen molar-refractivity contribution >= 4 is 34.6 Å². The van der Waals surface area contributed by atoms with E-state index in [1.54, 1.807) is 11.3 Å². The Kier molecular flexibility index (Phi) is 6.74. The lowest BCUT2D eigenvalue weighted by molar-refractivity contribution is -0.142. The highest BCUT2D eigenvalue weighted by molar-refractivity contribution is 7.09. The number of hydrogen-bond donors (Lipinski definition) is 1. The van der Waals surface area contributed by atoms with Gasteiger partial charge in [0, 0.05) is 17.8 Å². The first kappa shape index (κ1) is 20.8. The van der Waals surface area contributed by atoms with Crippen LogP contribution in [0.25, 0.3) is 0 Å². The number of hydrazone groups is 1. The second-order valence-corrected chi connectivity index (χ2v) is 8.15. The summed E-state index contributed by atoms with van der Waals surface area (Å²) in [7, 11) is 0. The van der Waals surface area contributed by atoms with Crippen LogP contribution in [0.4, 0.5) is 5.69 Å². The van der Waals surface area contributed by atoms with Crippen LogP contribution in [0.2, 0.25) is 0 Å². The molecule has 1 N–H and O–H groups in total. The third-order valence-electron chi connectivity index (χ3n) is 4.96. The van der Waals surface area contributed by atoms with Gasteiger partial charge in [-0.15, -0.1) is 11.3 Å². The normalized spacial score (nSPS) is 15.4. The second-order valence-electron chi connectivity index (χ2n) is 7.11. The van der Waals surface area contributed by atoms with E-state index in [-0.39, 0.29) is 18.6 Å². The van der Waals surface area contributed by atoms with E-state index >= 15 is 0 Å². The minimum Gasteiger partial charge on any atom is -0.451 e. The Morgan fingerprint density at radius 2 is 1.77 bits per heavy atom. The molecule has 6 nitrogen and oxygen atoms in total. The van der Waals surface area contributed by atoms with Gasteiger partial charge in [0.15, 0.2) is 6.61 Å². The highest BCUT2D eigenvalue weighted by atomic mass is 32.1. The third kappa shape index (κ3) is 5.38. The summed E-state index contributed by atoms with van der Waals surface area (Å²) in [5.74, 6) is -0.879. The van der Waals surface area contributed by atoms with Crippen LogP contribution < -0.4 is 10.3 Å². The monoisotopic (exact) mass is 433 g/mol. The Bertz CT molecular complexity index is 1040. The summed E-state index contributed by atoms with van der Waals surface area (Å²) in [4.78, 5) is 25.8. The summed E-state index contributed by atoms with van der Waals surface area (Å²) in [6.45, 7) is 0.194. The predicted octanol–water partition coefficient (Wildman–Crippen LogP) is 3.96. The van der Waals surface area contributed by atoms with Crippen LogP contribution in [0.3, 0.4) is 0 Å². The van der Waals surface area contributed by atoms with E-state index in [4.69, 9.17) is 4.74 Å². The van der Waals surface area contributed by atoms with Crippen LogP contribution >= 0.6 is 11.3 Å². The zero-order valence-electron chi connectivity index (χ0n) is 16.9. The number of amides is 1. The van der Waals surface area contributed by atoms with Crippen LogP contribution in [-0.2, 0) is 20.7 Å². The minimum absolute atomic E-state index is 0.106. The number of esters is 1. The van der Waals surface area contributed by atoms with Gasteiger partial charge < -0.3 is 10.1 Å². The van der Waals surface area contributed by atoms with Crippen molar-refractivity contribution in [3.63, 3.8) is 0 Å². The van der Waals surface area contributed by atoms with E-state index in [1.165, 1.54) is 4.88 Å². The van der Waals surface area contributed by atoms with Crippen LogP contribution in [0.5, 0.6) is 0 Å². The molecule has 4 rings (SSSR count). The molecule has 0 radical (unpaired) electrons. The number of hydrogen-bond acceptors (Lipinski definition) is 6. The average molecular weight is 434 g/mol. The Morgan fingerprint density at radius 1 is 1.03 bits per heavy atom. The molecule has 1 aliphatic rings. The van der Waals surface area contributed by atoms with E-state index in [0.717, 1.165) is 17.7 Å². The fourth-order valence-electron chi connectivity index (χ4n) is 3.43. The third-order valence-corrected chi connectivity index (χ3v) is 5.90. The van der Waals surface area contributed by atoms with Crippen LogP contribution in [0.1, 0.15) is 22.9 Å². The fraction of sp³-hybridized carbons (Fsp3) is 0.208. The number of rotatable bonds is 8. The molecule has 1 unspecified atom stereocenters. The summed E-state index contributed by atoms with van der Waals surface area (Å²) in [5.41, 5.74) is 2.26. The SMILES string of the molecule is O=C(COC(=O)C1=NN(c2ccccc2)C(c2ccccc2)C1)NCCc1cccs1. The minimum atomic E-state index is -0.562. The topological polar surface area (TPSA) is 71.0 Å². The quantitative estimate of drug-likeness (QED) is 0.546. The molecule has 3 aromatic rings. The molecule has 0 fully saturated rings. The predicted molar refractivity (Wildman–Crippen MR) is 122 cm³/mol. The first-order valence-electron chi connectivity index (χ1n) is 10.1. The summed E-state index contributed by atoms with van der Waals surface area (Å²) in [6, 6.07) is 23.5. The number of para-hydroxylation sites is 1. The maximum Gasteiger partial charge on any atom is 0.355 e. The van der Waals surface area contributed by atoms with Gasteiger partial charge in [0.25, 0.3) is 5.91 Å². The number of nitrogens with zero attached hydrogens (tertiary/aromatic N) is 2. The number of anilines is 1. The summed E-state index contributed by atoms with van der Waals surface area (Å²) < 4.78 is 5.24. The number of carbonyl (C=O) groups excluding carboxylic acids is 2. The zero-order valence-corrected chi connectivity index (χ0v) is 17.8. The Labute approximate surface area is 185 Å². The van der Waals surface area contributed by atoms with Crippen molar-refractivity contribution in [2.24, 2.45) is 5.10 Å². The van der Waals surface area contributed by atoms with Gasteiger partial charge in [0.1, 0.15) is 5.71 Å². The van der Waals surface area contributed by atoms with Gasteiger partial charge in [0.05, 0.1) is 11.7 Å². The first-order chi connectivity index (χ1) is 15.2. The van der Waals surface area contributed by atoms with Crippen LogP contribution in [0, 0.1) is 0 Å². The van der Waals surface area contributed by atoms with Gasteiger partial charge in [-0.3, -0.25) is 9.80 Å². The molecular weight excluding hydrogens is 410 g/mol. The molecule has 1 aliphatic heterocycles. The van der Waals surface area contributed by atoms with E-state index in [0.29, 0.717) is 18.7 Å². The highest BCUT2D eigenvalue weighted by Crippen LogP contribution is 2.35. The van der Waals surface area contributed by atoms with Crippen molar-refractivity contribution in [1.29, 1.82) is 0 Å². The maximum absolute atomic E-state index is 12.6. The van der Waals surface area contributed by atoms with Gasteiger partial charge in [-0.1, -0.05) is 54.6 Å². The second kappa shape index (κ2) is 10.0. The number of thiophene rings is 1. The maximum atomic E-state index is 12.6. The van der Waals surface area contributed by atoms with E-state index in [2.05, 4.69) is 10.4 Å². The molecule has 0 saturated carbocycles. The molecule has 7 heteroatoms. The molecule has 0 aliphatic carbocycles. The van der Waals surface area contributed by atoms with E-state index in [1.807, 2.05) is 83.2 Å². The van der Waals surface area contributed by atoms with E-state index < -0.39 is 5.97 Å². The zero-order chi connectivity index (χ0) is 21.5. The molecule has 1 atom stereocenters. The smallest absolute Gasteiger partial charge is 0.355 e. The molecular formula is C24H23N3O3S. The lowest BCUT2D eigenvalue weighted by Crippen LogP contribution is -2.31. The summed E-state index contributed by atoms with van der Waals surface area (Å²) in [5, 5.41) is 11.2. The van der Waals surface area contributed by atoms with Crippen molar-refractivity contribution in [3.8, 4) is 0 Å². The summed E-state index contributed by atoms with van der Waals surface area (Å²) in [6.07, 6.45) is 1.17. The van der Waals surface area contributed by atoms with Gasteiger partial charge in [-0.05, 0) is 35.6 Å². The molecule has 158 valence electrons. The molecule has 1 amide bonds. The van der Waals surface area contributed by atoms with Gasteiger partial charge in [-0.25, -0.2) is 4.79 Å².